The maximum absolute atomic E-state index is 11.7. The molecule has 3 rings (SSSR count). The molecule has 0 radical (unpaired) electrons. The van der Waals surface area contributed by atoms with E-state index in [0.29, 0.717) is 5.82 Å². The molecule has 0 saturated heterocycles. The van der Waals surface area contributed by atoms with Gasteiger partial charge in [0.1, 0.15) is 11.6 Å². The average molecular weight is 271 g/mol. The number of methoxy groups -OCH3 is 1. The van der Waals surface area contributed by atoms with Gasteiger partial charge in [-0.2, -0.15) is 0 Å². The number of nitrogen functional groups attached to an aromatic ring is 1. The number of imidazole rings is 1. The van der Waals surface area contributed by atoms with E-state index < -0.39 is 5.97 Å². The molecule has 5 heteroatoms. The molecule has 0 amide bonds. The number of nitrogens with two attached hydrogens (primary N) is 1. The molecule has 1 aromatic carbocycles. The minimum absolute atomic E-state index is 0.150. The van der Waals surface area contributed by atoms with Crippen molar-refractivity contribution in [3.63, 3.8) is 0 Å². The van der Waals surface area contributed by atoms with Gasteiger partial charge in [-0.25, -0.2) is 9.78 Å². The number of ether oxygens (including phenoxy) is 1. The lowest BCUT2D eigenvalue weighted by Gasteiger charge is -2.17. The Morgan fingerprint density at radius 2 is 2.20 bits per heavy atom. The molecule has 104 valence electrons. The second-order valence-corrected chi connectivity index (χ2v) is 5.01. The zero-order valence-corrected chi connectivity index (χ0v) is 11.6. The first-order valence-electron chi connectivity index (χ1n) is 6.64. The number of anilines is 1. The van der Waals surface area contributed by atoms with Crippen molar-refractivity contribution in [2.24, 2.45) is 0 Å². The number of hydrogen-bond acceptors (Lipinski definition) is 4. The number of carbonyl (C=O) groups is 1. The lowest BCUT2D eigenvalue weighted by atomic mass is 10.1. The summed E-state index contributed by atoms with van der Waals surface area (Å²) < 4.78 is 6.67. The molecule has 1 heterocycles. The van der Waals surface area contributed by atoms with E-state index >= 15 is 0 Å². The highest BCUT2D eigenvalue weighted by Crippen LogP contribution is 2.37. The normalized spacial score (nSPS) is 17.0. The van der Waals surface area contributed by atoms with Crippen LogP contribution in [0.2, 0.25) is 0 Å². The predicted molar refractivity (Wildman–Crippen MR) is 75.6 cm³/mol. The molecule has 1 aliphatic rings. The predicted octanol–water partition coefficient (Wildman–Crippen LogP) is 2.10. The maximum Gasteiger partial charge on any atom is 0.360 e. The molecule has 1 atom stereocenters. The van der Waals surface area contributed by atoms with Gasteiger partial charge in [0.05, 0.1) is 13.2 Å². The summed E-state index contributed by atoms with van der Waals surface area (Å²) in [6, 6.07) is 8.48. The van der Waals surface area contributed by atoms with Gasteiger partial charge in [-0.3, -0.25) is 0 Å². The van der Waals surface area contributed by atoms with Gasteiger partial charge in [0.2, 0.25) is 0 Å². The van der Waals surface area contributed by atoms with E-state index in [1.165, 1.54) is 18.2 Å². The Morgan fingerprint density at radius 1 is 1.45 bits per heavy atom. The number of benzene rings is 1. The summed E-state index contributed by atoms with van der Waals surface area (Å²) in [5.41, 5.74) is 8.92. The van der Waals surface area contributed by atoms with Gasteiger partial charge in [-0.1, -0.05) is 24.3 Å². The third-order valence-electron chi connectivity index (χ3n) is 3.92. The van der Waals surface area contributed by atoms with Crippen molar-refractivity contribution in [2.45, 2.75) is 25.8 Å². The van der Waals surface area contributed by atoms with E-state index in [2.05, 4.69) is 17.1 Å². The number of hydrogen-bond donors (Lipinski definition) is 1. The molecule has 0 aliphatic heterocycles. The van der Waals surface area contributed by atoms with Gasteiger partial charge in [0.15, 0.2) is 5.69 Å². The summed E-state index contributed by atoms with van der Waals surface area (Å²) >= 11 is 0. The molecular weight excluding hydrogens is 254 g/mol. The number of fused-ring (bicyclic) bond motifs is 1. The van der Waals surface area contributed by atoms with Crippen LogP contribution in [0.25, 0.3) is 0 Å². The monoisotopic (exact) mass is 271 g/mol. The lowest BCUT2D eigenvalue weighted by Crippen LogP contribution is -2.13. The molecule has 1 unspecified atom stereocenters. The van der Waals surface area contributed by atoms with Crippen LogP contribution in [-0.4, -0.2) is 22.6 Å². The molecule has 5 nitrogen and oxygen atoms in total. The minimum Gasteiger partial charge on any atom is -0.464 e. The molecule has 0 spiro atoms. The third kappa shape index (κ3) is 1.78. The SMILES string of the molecule is COC(=O)c1nc(C)n(C2CCc3ccccc32)c1N. The Hall–Kier alpha value is -2.30. The summed E-state index contributed by atoms with van der Waals surface area (Å²) in [4.78, 5) is 15.9. The molecule has 0 bridgehead atoms. The topological polar surface area (TPSA) is 70.1 Å². The Balaban J connectivity index is 2.09. The van der Waals surface area contributed by atoms with Crippen molar-refractivity contribution >= 4 is 11.8 Å². The Morgan fingerprint density at radius 3 is 2.95 bits per heavy atom. The number of aromatic nitrogens is 2. The van der Waals surface area contributed by atoms with Crippen LogP contribution in [0.3, 0.4) is 0 Å². The minimum atomic E-state index is -0.490. The lowest BCUT2D eigenvalue weighted by molar-refractivity contribution is 0.0595. The second-order valence-electron chi connectivity index (χ2n) is 5.01. The van der Waals surface area contributed by atoms with Crippen molar-refractivity contribution < 1.29 is 9.53 Å². The van der Waals surface area contributed by atoms with Crippen LogP contribution in [0.1, 0.15) is 39.9 Å². The van der Waals surface area contributed by atoms with Gasteiger partial charge in [-0.05, 0) is 30.9 Å². The highest BCUT2D eigenvalue weighted by Gasteiger charge is 2.29. The highest BCUT2D eigenvalue weighted by atomic mass is 16.5. The Kier molecular flexibility index (Phi) is 2.97. The zero-order chi connectivity index (χ0) is 14.3. The number of carbonyl (C=O) groups excluding carboxylic acids is 1. The summed E-state index contributed by atoms with van der Waals surface area (Å²) in [5.74, 6) is 0.635. The molecule has 20 heavy (non-hydrogen) atoms. The number of esters is 1. The fourth-order valence-corrected chi connectivity index (χ4v) is 3.00. The van der Waals surface area contributed by atoms with Crippen molar-refractivity contribution in [3.8, 4) is 0 Å². The van der Waals surface area contributed by atoms with E-state index in [9.17, 15) is 4.79 Å². The van der Waals surface area contributed by atoms with Crippen LogP contribution in [-0.2, 0) is 11.2 Å². The van der Waals surface area contributed by atoms with Crippen molar-refractivity contribution in [2.75, 3.05) is 12.8 Å². The Labute approximate surface area is 117 Å². The average Bonchev–Trinajstić information content (AvgIpc) is 2.99. The smallest absolute Gasteiger partial charge is 0.360 e. The summed E-state index contributed by atoms with van der Waals surface area (Å²) in [6.45, 7) is 1.86. The molecule has 1 aromatic heterocycles. The fourth-order valence-electron chi connectivity index (χ4n) is 3.00. The van der Waals surface area contributed by atoms with Gasteiger partial charge in [0.25, 0.3) is 0 Å². The number of aryl methyl sites for hydroxylation is 2. The quantitative estimate of drug-likeness (QED) is 0.849. The van der Waals surface area contributed by atoms with Gasteiger partial charge in [-0.15, -0.1) is 0 Å². The van der Waals surface area contributed by atoms with E-state index in [0.717, 1.165) is 18.7 Å². The van der Waals surface area contributed by atoms with Gasteiger partial charge in [0, 0.05) is 0 Å². The fraction of sp³-hybridized carbons (Fsp3) is 0.333. The van der Waals surface area contributed by atoms with E-state index in [1.54, 1.807) is 0 Å². The van der Waals surface area contributed by atoms with Crippen LogP contribution in [0.15, 0.2) is 24.3 Å². The zero-order valence-electron chi connectivity index (χ0n) is 11.6. The van der Waals surface area contributed by atoms with Crippen molar-refractivity contribution in [1.29, 1.82) is 0 Å². The van der Waals surface area contributed by atoms with Crippen LogP contribution >= 0.6 is 0 Å². The second kappa shape index (κ2) is 4.67. The highest BCUT2D eigenvalue weighted by molar-refractivity contribution is 5.92. The van der Waals surface area contributed by atoms with E-state index in [-0.39, 0.29) is 11.7 Å². The van der Waals surface area contributed by atoms with Crippen LogP contribution in [0.4, 0.5) is 5.82 Å². The third-order valence-corrected chi connectivity index (χ3v) is 3.92. The van der Waals surface area contributed by atoms with Crippen LogP contribution in [0, 0.1) is 6.92 Å². The Bertz CT molecular complexity index is 676. The van der Waals surface area contributed by atoms with Crippen LogP contribution < -0.4 is 5.73 Å². The molecule has 2 N–H and O–H groups in total. The van der Waals surface area contributed by atoms with Gasteiger partial charge >= 0.3 is 5.97 Å². The molecule has 2 aromatic rings. The van der Waals surface area contributed by atoms with Crippen molar-refractivity contribution in [1.82, 2.24) is 9.55 Å². The first-order valence-corrected chi connectivity index (χ1v) is 6.64. The molecular formula is C15H17N3O2. The summed E-state index contributed by atoms with van der Waals surface area (Å²) in [6.07, 6.45) is 1.99. The van der Waals surface area contributed by atoms with Crippen molar-refractivity contribution in [3.05, 3.63) is 46.9 Å². The summed E-state index contributed by atoms with van der Waals surface area (Å²) in [7, 11) is 1.33. The van der Waals surface area contributed by atoms with E-state index in [1.807, 2.05) is 23.6 Å². The van der Waals surface area contributed by atoms with Crippen LogP contribution in [0.5, 0.6) is 0 Å². The number of rotatable bonds is 2. The van der Waals surface area contributed by atoms with Gasteiger partial charge < -0.3 is 15.0 Å². The number of nitrogens with zero attached hydrogens (tertiary/aromatic N) is 2. The molecule has 0 fully saturated rings. The summed E-state index contributed by atoms with van der Waals surface area (Å²) in [5, 5.41) is 0. The molecule has 0 saturated carbocycles. The largest absolute Gasteiger partial charge is 0.464 e. The standard InChI is InChI=1S/C15H17N3O2/c1-9-17-13(15(19)20-2)14(16)18(9)12-8-7-10-5-3-4-6-11(10)12/h3-6,12H,7-8,16H2,1-2H3. The molecule has 1 aliphatic carbocycles. The first-order chi connectivity index (χ1) is 9.63. The maximum atomic E-state index is 11.7. The first kappa shape index (κ1) is 12.7. The van der Waals surface area contributed by atoms with E-state index in [4.69, 9.17) is 10.5 Å².